The first-order valence-electron chi connectivity index (χ1n) is 9.28. The van der Waals surface area contributed by atoms with Gasteiger partial charge in [-0.25, -0.2) is 9.98 Å². The summed E-state index contributed by atoms with van der Waals surface area (Å²) < 4.78 is 5.81. The number of hydrogen-bond acceptors (Lipinski definition) is 4. The van der Waals surface area contributed by atoms with Gasteiger partial charge in [-0.15, -0.1) is 12.8 Å². The predicted molar refractivity (Wildman–Crippen MR) is 124 cm³/mol. The molecular weight excluding hydrogens is 374 g/mol. The largest absolute Gasteiger partial charge is 0.457 e. The molecule has 1 heterocycles. The minimum absolute atomic E-state index is 0.238. The molecule has 1 aromatic heterocycles. The van der Waals surface area contributed by atoms with Crippen LogP contribution in [0, 0.1) is 19.8 Å². The number of rotatable bonds is 6. The molecule has 0 fully saturated rings. The highest BCUT2D eigenvalue weighted by atomic mass is 16.5. The van der Waals surface area contributed by atoms with Crippen LogP contribution in [0.3, 0.4) is 0 Å². The smallest absolute Gasteiger partial charge is 0.217 e. The molecule has 6 nitrogen and oxygen atoms in total. The molecular formula is C24H25N5O. The maximum absolute atomic E-state index is 5.90. The van der Waals surface area contributed by atoms with Crippen molar-refractivity contribution in [2.75, 3.05) is 12.0 Å². The maximum atomic E-state index is 5.90. The van der Waals surface area contributed by atoms with Crippen molar-refractivity contribution in [2.45, 2.75) is 13.8 Å². The first-order valence-corrected chi connectivity index (χ1v) is 9.28. The van der Waals surface area contributed by atoms with Gasteiger partial charge in [-0.05, 0) is 49.7 Å². The number of guanidine groups is 1. The van der Waals surface area contributed by atoms with Crippen molar-refractivity contribution in [3.63, 3.8) is 0 Å². The second kappa shape index (κ2) is 11.7. The molecule has 0 amide bonds. The van der Waals surface area contributed by atoms with E-state index in [0.717, 1.165) is 34.2 Å². The number of benzene rings is 2. The van der Waals surface area contributed by atoms with Gasteiger partial charge in [0.15, 0.2) is 0 Å². The average molecular weight is 399 g/mol. The van der Waals surface area contributed by atoms with E-state index in [1.165, 1.54) is 0 Å². The molecule has 30 heavy (non-hydrogen) atoms. The number of ether oxygens (including phenoxy) is 1. The van der Waals surface area contributed by atoms with Crippen LogP contribution in [-0.2, 0) is 0 Å². The molecule has 0 aliphatic carbocycles. The van der Waals surface area contributed by atoms with Gasteiger partial charge in [0.2, 0.25) is 5.96 Å². The van der Waals surface area contributed by atoms with Crippen molar-refractivity contribution in [1.82, 2.24) is 4.98 Å². The number of aliphatic imine (C=N–C) groups is 2. The molecule has 0 bridgehead atoms. The number of terminal acetylenes is 1. The Hall–Kier alpha value is -4.11. The molecule has 0 aliphatic heterocycles. The lowest BCUT2D eigenvalue weighted by molar-refractivity contribution is 0.481. The van der Waals surface area contributed by atoms with E-state index < -0.39 is 0 Å². The van der Waals surface area contributed by atoms with Gasteiger partial charge in [-0.3, -0.25) is 4.98 Å². The van der Waals surface area contributed by atoms with Crippen molar-refractivity contribution in [3.05, 3.63) is 84.2 Å². The molecule has 0 aliphatic rings. The van der Waals surface area contributed by atoms with Crippen molar-refractivity contribution >= 4 is 17.4 Å². The highest BCUT2D eigenvalue weighted by Gasteiger charge is 2.00. The summed E-state index contributed by atoms with van der Waals surface area (Å²) in [6.45, 7) is 4.17. The molecule has 0 atom stereocenters. The molecule has 0 spiro atoms. The Labute approximate surface area is 177 Å². The zero-order valence-corrected chi connectivity index (χ0v) is 17.1. The van der Waals surface area contributed by atoms with E-state index in [9.17, 15) is 0 Å². The summed E-state index contributed by atoms with van der Waals surface area (Å²) in [5.41, 5.74) is 9.57. The molecule has 0 saturated heterocycles. The zero-order chi connectivity index (χ0) is 21.8. The monoisotopic (exact) mass is 399 g/mol. The minimum Gasteiger partial charge on any atom is -0.457 e. The Morgan fingerprint density at radius 1 is 1.03 bits per heavy atom. The Balaban J connectivity index is 0.00000155. The molecule has 152 valence electrons. The maximum Gasteiger partial charge on any atom is 0.217 e. The van der Waals surface area contributed by atoms with E-state index in [4.69, 9.17) is 10.5 Å². The summed E-state index contributed by atoms with van der Waals surface area (Å²) in [7, 11) is 0. The predicted octanol–water partition coefficient (Wildman–Crippen LogP) is 4.63. The summed E-state index contributed by atoms with van der Waals surface area (Å²) in [6, 6.07) is 21.2. The number of aromatic nitrogens is 1. The molecule has 3 aromatic rings. The number of nitrogens with zero attached hydrogens (tertiary/aromatic N) is 3. The van der Waals surface area contributed by atoms with Crippen molar-refractivity contribution < 1.29 is 4.74 Å². The molecule has 3 N–H and O–H groups in total. The Kier molecular flexibility index (Phi) is 8.63. The highest BCUT2D eigenvalue weighted by Crippen LogP contribution is 2.22. The summed E-state index contributed by atoms with van der Waals surface area (Å²) in [4.78, 5) is 12.7. The van der Waals surface area contributed by atoms with Gasteiger partial charge in [0.05, 0.1) is 0 Å². The number of pyridine rings is 1. The van der Waals surface area contributed by atoms with E-state index >= 15 is 0 Å². The molecule has 6 heteroatoms. The lowest BCUT2D eigenvalue weighted by Gasteiger charge is -2.08. The van der Waals surface area contributed by atoms with Crippen LogP contribution in [0.25, 0.3) is 0 Å². The quantitative estimate of drug-likeness (QED) is 0.360. The van der Waals surface area contributed by atoms with Gasteiger partial charge in [0.1, 0.15) is 18.2 Å². The van der Waals surface area contributed by atoms with Crippen LogP contribution in [0.1, 0.15) is 18.2 Å². The third-order valence-corrected chi connectivity index (χ3v) is 3.96. The second-order valence-corrected chi connectivity index (χ2v) is 6.17. The molecule has 0 unspecified atom stereocenters. The third-order valence-electron chi connectivity index (χ3n) is 3.96. The van der Waals surface area contributed by atoms with Gasteiger partial charge < -0.3 is 15.8 Å². The summed E-state index contributed by atoms with van der Waals surface area (Å²) in [6.07, 6.45) is 9.73. The van der Waals surface area contributed by atoms with Crippen LogP contribution >= 0.6 is 0 Å². The fourth-order valence-corrected chi connectivity index (χ4v) is 2.52. The number of nitrogens with two attached hydrogens (primary N) is 1. The van der Waals surface area contributed by atoms with E-state index in [1.54, 1.807) is 6.20 Å². The average Bonchev–Trinajstić information content (AvgIpc) is 2.77. The third kappa shape index (κ3) is 7.13. The number of aryl methyl sites for hydroxylation is 1. The van der Waals surface area contributed by atoms with Crippen LogP contribution in [0.5, 0.6) is 11.5 Å². The molecule has 3 rings (SSSR count). The Morgan fingerprint density at radius 3 is 2.40 bits per heavy atom. The number of hydrogen-bond donors (Lipinski definition) is 2. The van der Waals surface area contributed by atoms with E-state index in [1.807, 2.05) is 80.6 Å². The van der Waals surface area contributed by atoms with E-state index in [-0.39, 0.29) is 5.96 Å². The van der Waals surface area contributed by atoms with Gasteiger partial charge >= 0.3 is 0 Å². The zero-order valence-electron chi connectivity index (χ0n) is 17.1. The highest BCUT2D eigenvalue weighted by molar-refractivity contribution is 6.05. The fourth-order valence-electron chi connectivity index (χ4n) is 2.52. The fraction of sp³-hybridized carbons (Fsp3) is 0.125. The van der Waals surface area contributed by atoms with Crippen molar-refractivity contribution in [2.24, 2.45) is 15.7 Å². The molecule has 0 saturated carbocycles. The molecule has 0 radical (unpaired) electrons. The summed E-state index contributed by atoms with van der Waals surface area (Å²) in [5, 5.41) is 3.19. The number of anilines is 1. The van der Waals surface area contributed by atoms with E-state index in [0.29, 0.717) is 6.67 Å². The van der Waals surface area contributed by atoms with Crippen LogP contribution in [0.15, 0.2) is 82.9 Å². The van der Waals surface area contributed by atoms with E-state index in [2.05, 4.69) is 33.1 Å². The Morgan fingerprint density at radius 2 is 1.73 bits per heavy atom. The topological polar surface area (TPSA) is 84.9 Å². The number of nitrogens with one attached hydrogen (secondary N) is 1. The molecule has 2 aromatic carbocycles. The van der Waals surface area contributed by atoms with Crippen LogP contribution in [-0.4, -0.2) is 23.3 Å². The van der Waals surface area contributed by atoms with Gasteiger partial charge in [0, 0.05) is 29.4 Å². The minimum atomic E-state index is 0.238. The van der Waals surface area contributed by atoms with Crippen molar-refractivity contribution in [1.29, 1.82) is 0 Å². The van der Waals surface area contributed by atoms with Crippen LogP contribution in [0.4, 0.5) is 5.69 Å². The lowest BCUT2D eigenvalue weighted by Crippen LogP contribution is -2.14. The van der Waals surface area contributed by atoms with Crippen LogP contribution < -0.4 is 15.8 Å². The SMILES string of the molecule is C#C.C/C(=N\C(N)=N/CNc1ccc(Oc2ccnc(C)c2)cc1)c1ccccc1. The summed E-state index contributed by atoms with van der Waals surface area (Å²) in [5.74, 6) is 1.75. The lowest BCUT2D eigenvalue weighted by atomic mass is 10.1. The van der Waals surface area contributed by atoms with Crippen molar-refractivity contribution in [3.8, 4) is 24.3 Å². The first kappa shape index (κ1) is 22.2. The Bertz CT molecular complexity index is 1010. The van der Waals surface area contributed by atoms with Crippen LogP contribution in [0.2, 0.25) is 0 Å². The standard InChI is InChI=1S/C22H23N5O.C2H2/c1-16-14-21(12-13-24-16)28-20-10-8-19(9-11-20)25-15-26-22(23)27-17(2)18-6-4-3-5-7-18;1-2/h3-14,25H,15H2,1-2H3,(H2,23,26);1-2H/b27-17+;. The normalized spacial score (nSPS) is 11.2. The summed E-state index contributed by atoms with van der Waals surface area (Å²) >= 11 is 0. The first-order chi connectivity index (χ1) is 14.6. The second-order valence-electron chi connectivity index (χ2n) is 6.17. The van der Waals surface area contributed by atoms with Gasteiger partial charge in [-0.1, -0.05) is 30.3 Å². The van der Waals surface area contributed by atoms with Gasteiger partial charge in [-0.2, -0.15) is 0 Å². The van der Waals surface area contributed by atoms with Gasteiger partial charge in [0.25, 0.3) is 0 Å².